The van der Waals surface area contributed by atoms with Gasteiger partial charge in [-0.2, -0.15) is 0 Å². The number of amides is 1. The molecule has 0 saturated carbocycles. The van der Waals surface area contributed by atoms with E-state index in [4.69, 9.17) is 0 Å². The Kier molecular flexibility index (Phi) is 7.56. The van der Waals surface area contributed by atoms with Crippen LogP contribution in [0.4, 0.5) is 0 Å². The Hall–Kier alpha value is -3.64. The molecule has 1 aliphatic heterocycles. The highest BCUT2D eigenvalue weighted by Gasteiger charge is 2.31. The molecule has 4 aromatic rings. The van der Waals surface area contributed by atoms with E-state index in [0.29, 0.717) is 17.5 Å². The monoisotopic (exact) mass is 493 g/mol. The molecule has 2 aromatic heterocycles. The van der Waals surface area contributed by atoms with E-state index in [1.807, 2.05) is 55.4 Å². The van der Waals surface area contributed by atoms with Gasteiger partial charge in [-0.3, -0.25) is 14.7 Å². The maximum Gasteiger partial charge on any atom is 0.253 e. The molecule has 5 rings (SSSR count). The smallest absolute Gasteiger partial charge is 0.253 e. The molecule has 1 amide bonds. The van der Waals surface area contributed by atoms with Crippen LogP contribution in [0.5, 0.6) is 0 Å². The minimum atomic E-state index is 0.0868. The van der Waals surface area contributed by atoms with Gasteiger partial charge in [-0.1, -0.05) is 36.4 Å². The summed E-state index contributed by atoms with van der Waals surface area (Å²) in [6.45, 7) is 6.32. The van der Waals surface area contributed by atoms with E-state index in [2.05, 4.69) is 63.3 Å². The number of piperidine rings is 1. The number of nitrogens with zero attached hydrogens (tertiary/aromatic N) is 5. The maximum atomic E-state index is 13.4. The second-order valence-electron chi connectivity index (χ2n) is 10.3. The molecule has 1 saturated heterocycles. The number of pyridine rings is 1. The lowest BCUT2D eigenvalue weighted by atomic mass is 9.84. The van der Waals surface area contributed by atoms with Gasteiger partial charge in [0, 0.05) is 43.6 Å². The summed E-state index contributed by atoms with van der Waals surface area (Å²) >= 11 is 0. The fourth-order valence-corrected chi connectivity index (χ4v) is 5.47. The zero-order valence-corrected chi connectivity index (χ0v) is 22.0. The average Bonchev–Trinajstić information content (AvgIpc) is 2.93. The predicted octanol–water partition coefficient (Wildman–Crippen LogP) is 5.24. The standard InChI is InChI=1S/C31H35N5O/c1-22-23(2)34-29-19-27(11-12-28(29)33-22)31(37)36-16-13-26(14-17-36)30(18-24-8-5-4-6-9-24)35(3)21-25-10-7-15-32-20-25/h4-12,15,19-20,26,30H,13-14,16-18,21H2,1-3H3/t30-/m0/s1. The summed E-state index contributed by atoms with van der Waals surface area (Å²) in [5.41, 5.74) is 6.71. The van der Waals surface area contributed by atoms with Crippen LogP contribution in [0.1, 0.15) is 45.7 Å². The first kappa shape index (κ1) is 25.0. The lowest BCUT2D eigenvalue weighted by Gasteiger charge is -2.40. The van der Waals surface area contributed by atoms with Gasteiger partial charge in [0.15, 0.2) is 0 Å². The Morgan fingerprint density at radius 2 is 1.65 bits per heavy atom. The third kappa shape index (κ3) is 5.86. The minimum Gasteiger partial charge on any atom is -0.339 e. The van der Waals surface area contributed by atoms with E-state index in [1.54, 1.807) is 0 Å². The van der Waals surface area contributed by atoms with Crippen LogP contribution >= 0.6 is 0 Å². The number of carbonyl (C=O) groups is 1. The Morgan fingerprint density at radius 3 is 2.35 bits per heavy atom. The number of benzene rings is 2. The predicted molar refractivity (Wildman–Crippen MR) is 147 cm³/mol. The second-order valence-corrected chi connectivity index (χ2v) is 10.3. The summed E-state index contributed by atoms with van der Waals surface area (Å²) in [6, 6.07) is 21.0. The van der Waals surface area contributed by atoms with Gasteiger partial charge >= 0.3 is 0 Å². The van der Waals surface area contributed by atoms with Gasteiger partial charge in [-0.25, -0.2) is 9.97 Å². The normalized spacial score (nSPS) is 15.3. The minimum absolute atomic E-state index is 0.0868. The van der Waals surface area contributed by atoms with Gasteiger partial charge in [0.25, 0.3) is 5.91 Å². The third-order valence-corrected chi connectivity index (χ3v) is 7.70. The van der Waals surface area contributed by atoms with Crippen molar-refractivity contribution < 1.29 is 4.79 Å². The van der Waals surface area contributed by atoms with Crippen molar-refractivity contribution in [3.05, 3.63) is 101 Å². The highest BCUT2D eigenvalue weighted by molar-refractivity contribution is 5.97. The summed E-state index contributed by atoms with van der Waals surface area (Å²) in [5, 5.41) is 0. The van der Waals surface area contributed by atoms with Crippen molar-refractivity contribution in [2.45, 2.75) is 45.7 Å². The topological polar surface area (TPSA) is 62.2 Å². The Balaban J connectivity index is 1.29. The molecule has 1 fully saturated rings. The van der Waals surface area contributed by atoms with Gasteiger partial charge in [0.1, 0.15) is 0 Å². The summed E-state index contributed by atoms with van der Waals surface area (Å²) < 4.78 is 0. The molecule has 0 spiro atoms. The number of fused-ring (bicyclic) bond motifs is 1. The molecule has 37 heavy (non-hydrogen) atoms. The number of rotatable bonds is 7. The van der Waals surface area contributed by atoms with E-state index in [9.17, 15) is 4.79 Å². The van der Waals surface area contributed by atoms with Crippen molar-refractivity contribution >= 4 is 16.9 Å². The van der Waals surface area contributed by atoms with Crippen LogP contribution in [0, 0.1) is 19.8 Å². The van der Waals surface area contributed by atoms with Crippen LogP contribution < -0.4 is 0 Å². The summed E-state index contributed by atoms with van der Waals surface area (Å²) in [4.78, 5) is 31.4. The highest BCUT2D eigenvalue weighted by Crippen LogP contribution is 2.28. The quantitative estimate of drug-likeness (QED) is 0.352. The maximum absolute atomic E-state index is 13.4. The summed E-state index contributed by atoms with van der Waals surface area (Å²) in [5.74, 6) is 0.600. The third-order valence-electron chi connectivity index (χ3n) is 7.70. The molecule has 2 aromatic carbocycles. The molecular weight excluding hydrogens is 458 g/mol. The van der Waals surface area contributed by atoms with E-state index in [-0.39, 0.29) is 5.91 Å². The van der Waals surface area contributed by atoms with E-state index in [0.717, 1.165) is 61.3 Å². The number of aromatic nitrogens is 3. The molecule has 6 nitrogen and oxygen atoms in total. The van der Waals surface area contributed by atoms with E-state index < -0.39 is 0 Å². The second kappa shape index (κ2) is 11.2. The fourth-order valence-electron chi connectivity index (χ4n) is 5.47. The van der Waals surface area contributed by atoms with Gasteiger partial charge in [0.05, 0.1) is 22.4 Å². The van der Waals surface area contributed by atoms with Crippen molar-refractivity contribution in [3.63, 3.8) is 0 Å². The largest absolute Gasteiger partial charge is 0.339 e. The van der Waals surface area contributed by atoms with Crippen molar-refractivity contribution in [1.29, 1.82) is 0 Å². The molecule has 3 heterocycles. The van der Waals surface area contributed by atoms with Gasteiger partial charge in [0.2, 0.25) is 0 Å². The zero-order valence-electron chi connectivity index (χ0n) is 22.0. The fraction of sp³-hybridized carbons (Fsp3) is 0.355. The van der Waals surface area contributed by atoms with E-state index in [1.165, 1.54) is 11.1 Å². The number of likely N-dealkylation sites (tertiary alicyclic amines) is 1. The number of likely N-dealkylation sites (N-methyl/N-ethyl adjacent to an activating group) is 1. The molecule has 0 aliphatic carbocycles. The van der Waals surface area contributed by atoms with Gasteiger partial charge in [-0.05, 0) is 81.5 Å². The Morgan fingerprint density at radius 1 is 0.946 bits per heavy atom. The van der Waals surface area contributed by atoms with Crippen molar-refractivity contribution in [2.24, 2.45) is 5.92 Å². The molecule has 0 N–H and O–H groups in total. The van der Waals surface area contributed by atoms with Crippen molar-refractivity contribution in [1.82, 2.24) is 24.8 Å². The number of hydrogen-bond donors (Lipinski definition) is 0. The lowest BCUT2D eigenvalue weighted by Crippen LogP contribution is -2.46. The van der Waals surface area contributed by atoms with Crippen LogP contribution in [-0.4, -0.2) is 56.8 Å². The first-order chi connectivity index (χ1) is 18.0. The molecule has 6 heteroatoms. The lowest BCUT2D eigenvalue weighted by molar-refractivity contribution is 0.0603. The van der Waals surface area contributed by atoms with Crippen LogP contribution in [0.2, 0.25) is 0 Å². The molecule has 1 atom stereocenters. The Bertz CT molecular complexity index is 1350. The van der Waals surface area contributed by atoms with Crippen LogP contribution in [0.25, 0.3) is 11.0 Å². The summed E-state index contributed by atoms with van der Waals surface area (Å²) in [6.07, 6.45) is 6.76. The molecule has 0 bridgehead atoms. The molecular formula is C31H35N5O. The van der Waals surface area contributed by atoms with Gasteiger partial charge in [-0.15, -0.1) is 0 Å². The highest BCUT2D eigenvalue weighted by atomic mass is 16.2. The number of carbonyl (C=O) groups excluding carboxylic acids is 1. The van der Waals surface area contributed by atoms with Crippen molar-refractivity contribution in [3.8, 4) is 0 Å². The van der Waals surface area contributed by atoms with E-state index >= 15 is 0 Å². The molecule has 0 unspecified atom stereocenters. The molecule has 190 valence electrons. The van der Waals surface area contributed by atoms with Crippen LogP contribution in [0.3, 0.4) is 0 Å². The Labute approximate surface area is 219 Å². The van der Waals surface area contributed by atoms with Crippen molar-refractivity contribution in [2.75, 3.05) is 20.1 Å². The zero-order chi connectivity index (χ0) is 25.8. The summed E-state index contributed by atoms with van der Waals surface area (Å²) in [7, 11) is 2.22. The number of hydrogen-bond acceptors (Lipinski definition) is 5. The van der Waals surface area contributed by atoms with Crippen LogP contribution in [-0.2, 0) is 13.0 Å². The van der Waals surface area contributed by atoms with Crippen LogP contribution in [0.15, 0.2) is 73.1 Å². The average molecular weight is 494 g/mol. The first-order valence-electron chi connectivity index (χ1n) is 13.2. The first-order valence-corrected chi connectivity index (χ1v) is 13.2. The van der Waals surface area contributed by atoms with Gasteiger partial charge < -0.3 is 4.90 Å². The molecule has 0 radical (unpaired) electrons. The SMILES string of the molecule is Cc1nc2ccc(C(=O)N3CCC([C@H](Cc4ccccc4)N(C)Cc4cccnc4)CC3)cc2nc1C. The number of aryl methyl sites for hydroxylation is 2. The molecule has 1 aliphatic rings.